The van der Waals surface area contributed by atoms with E-state index in [4.69, 9.17) is 4.74 Å². The first-order chi connectivity index (χ1) is 7.79. The van der Waals surface area contributed by atoms with E-state index in [1.54, 1.807) is 13.3 Å². The average Bonchev–Trinajstić information content (AvgIpc) is 2.72. The largest absolute Gasteiger partial charge is 0.481 e. The monoisotopic (exact) mass is 222 g/mol. The summed E-state index contributed by atoms with van der Waals surface area (Å²) in [5.74, 6) is 0.631. The lowest BCUT2D eigenvalue weighted by atomic mass is 10.2. The van der Waals surface area contributed by atoms with E-state index >= 15 is 0 Å². The Kier molecular flexibility index (Phi) is 3.74. The van der Waals surface area contributed by atoms with Crippen molar-refractivity contribution in [2.45, 2.75) is 38.0 Å². The molecule has 0 unspecified atom stereocenters. The molecule has 1 aromatic heterocycles. The van der Waals surface area contributed by atoms with Gasteiger partial charge in [-0.05, 0) is 30.9 Å². The standard InChI is InChI=1S/C12H18N2O2/c1-16-12-7-9(5-6-13-12)8-14-10-3-2-4-11(10)15/h5-7,10-11,14-15H,2-4,8H2,1H3/t10-,11-/m0/s1. The number of hydrogen-bond donors (Lipinski definition) is 2. The number of hydrogen-bond acceptors (Lipinski definition) is 4. The number of aliphatic hydroxyl groups is 1. The van der Waals surface area contributed by atoms with Gasteiger partial charge in [-0.2, -0.15) is 0 Å². The zero-order valence-corrected chi connectivity index (χ0v) is 9.52. The second-order valence-corrected chi connectivity index (χ2v) is 4.19. The molecular formula is C12H18N2O2. The summed E-state index contributed by atoms with van der Waals surface area (Å²) in [6, 6.07) is 4.10. The summed E-state index contributed by atoms with van der Waals surface area (Å²) < 4.78 is 5.06. The van der Waals surface area contributed by atoms with Crippen LogP contribution in [0.25, 0.3) is 0 Å². The third kappa shape index (κ3) is 2.71. The summed E-state index contributed by atoms with van der Waals surface area (Å²) in [5, 5.41) is 13.0. The highest BCUT2D eigenvalue weighted by Crippen LogP contribution is 2.19. The van der Waals surface area contributed by atoms with Gasteiger partial charge in [0.1, 0.15) is 0 Å². The predicted molar refractivity (Wildman–Crippen MR) is 61.3 cm³/mol. The smallest absolute Gasteiger partial charge is 0.213 e. The van der Waals surface area contributed by atoms with Gasteiger partial charge in [-0.3, -0.25) is 0 Å². The third-order valence-electron chi connectivity index (χ3n) is 3.06. The van der Waals surface area contributed by atoms with E-state index in [9.17, 15) is 5.11 Å². The molecule has 4 nitrogen and oxygen atoms in total. The second kappa shape index (κ2) is 5.27. The lowest BCUT2D eigenvalue weighted by Gasteiger charge is -2.16. The van der Waals surface area contributed by atoms with Crippen molar-refractivity contribution >= 4 is 0 Å². The Labute approximate surface area is 95.7 Å². The van der Waals surface area contributed by atoms with Gasteiger partial charge in [0.2, 0.25) is 5.88 Å². The highest BCUT2D eigenvalue weighted by molar-refractivity contribution is 5.20. The molecule has 0 aliphatic heterocycles. The van der Waals surface area contributed by atoms with Crippen molar-refractivity contribution in [2.75, 3.05) is 7.11 Å². The van der Waals surface area contributed by atoms with Crippen LogP contribution >= 0.6 is 0 Å². The Morgan fingerprint density at radius 3 is 3.12 bits per heavy atom. The van der Waals surface area contributed by atoms with Gasteiger partial charge in [0.05, 0.1) is 13.2 Å². The van der Waals surface area contributed by atoms with Gasteiger partial charge in [-0.1, -0.05) is 0 Å². The molecule has 0 spiro atoms. The van der Waals surface area contributed by atoms with Crippen LogP contribution < -0.4 is 10.1 Å². The van der Waals surface area contributed by atoms with E-state index in [1.807, 2.05) is 12.1 Å². The maximum absolute atomic E-state index is 9.67. The first-order valence-electron chi connectivity index (χ1n) is 5.70. The van der Waals surface area contributed by atoms with Crippen LogP contribution in [0.15, 0.2) is 18.3 Å². The van der Waals surface area contributed by atoms with Gasteiger partial charge in [0, 0.05) is 24.8 Å². The fourth-order valence-corrected chi connectivity index (χ4v) is 2.10. The molecule has 0 saturated heterocycles. The predicted octanol–water partition coefficient (Wildman–Crippen LogP) is 1.09. The zero-order valence-electron chi connectivity index (χ0n) is 9.52. The van der Waals surface area contributed by atoms with Crippen molar-refractivity contribution in [2.24, 2.45) is 0 Å². The fourth-order valence-electron chi connectivity index (χ4n) is 2.10. The third-order valence-corrected chi connectivity index (χ3v) is 3.06. The molecule has 0 amide bonds. The number of nitrogens with zero attached hydrogens (tertiary/aromatic N) is 1. The molecule has 88 valence electrons. The Morgan fingerprint density at radius 2 is 2.44 bits per heavy atom. The first kappa shape index (κ1) is 11.4. The highest BCUT2D eigenvalue weighted by Gasteiger charge is 2.24. The summed E-state index contributed by atoms with van der Waals surface area (Å²) in [4.78, 5) is 4.05. The molecule has 2 atom stereocenters. The maximum Gasteiger partial charge on any atom is 0.213 e. The molecular weight excluding hydrogens is 204 g/mol. The van der Waals surface area contributed by atoms with Gasteiger partial charge in [0.15, 0.2) is 0 Å². The van der Waals surface area contributed by atoms with Crippen molar-refractivity contribution in [1.29, 1.82) is 0 Å². The Morgan fingerprint density at radius 1 is 1.56 bits per heavy atom. The molecule has 4 heteroatoms. The molecule has 1 saturated carbocycles. The second-order valence-electron chi connectivity index (χ2n) is 4.19. The van der Waals surface area contributed by atoms with Crippen molar-refractivity contribution in [1.82, 2.24) is 10.3 Å². The molecule has 2 N–H and O–H groups in total. The van der Waals surface area contributed by atoms with Gasteiger partial charge in [0.25, 0.3) is 0 Å². The molecule has 1 fully saturated rings. The number of pyridine rings is 1. The average molecular weight is 222 g/mol. The molecule has 16 heavy (non-hydrogen) atoms. The topological polar surface area (TPSA) is 54.4 Å². The number of methoxy groups -OCH3 is 1. The quantitative estimate of drug-likeness (QED) is 0.801. The molecule has 1 aliphatic rings. The van der Waals surface area contributed by atoms with E-state index in [2.05, 4.69) is 10.3 Å². The minimum absolute atomic E-state index is 0.191. The lowest BCUT2D eigenvalue weighted by Crippen LogP contribution is -2.35. The summed E-state index contributed by atoms with van der Waals surface area (Å²) in [6.45, 7) is 0.751. The molecule has 1 aromatic rings. The van der Waals surface area contributed by atoms with Crippen molar-refractivity contribution < 1.29 is 9.84 Å². The van der Waals surface area contributed by atoms with Crippen LogP contribution in [0.2, 0.25) is 0 Å². The fraction of sp³-hybridized carbons (Fsp3) is 0.583. The highest BCUT2D eigenvalue weighted by atomic mass is 16.5. The Hall–Kier alpha value is -1.13. The van der Waals surface area contributed by atoms with Gasteiger partial charge in [-0.15, -0.1) is 0 Å². The molecule has 1 aliphatic carbocycles. The summed E-state index contributed by atoms with van der Waals surface area (Å²) in [5.41, 5.74) is 1.13. The van der Waals surface area contributed by atoms with Gasteiger partial charge < -0.3 is 15.2 Å². The zero-order chi connectivity index (χ0) is 11.4. The SMILES string of the molecule is COc1cc(CN[C@H]2CCC[C@@H]2O)ccn1. The number of nitrogens with one attached hydrogen (secondary N) is 1. The lowest BCUT2D eigenvalue weighted by molar-refractivity contribution is 0.148. The van der Waals surface area contributed by atoms with E-state index in [0.717, 1.165) is 31.4 Å². The molecule has 0 radical (unpaired) electrons. The van der Waals surface area contributed by atoms with Crippen LogP contribution in [0, 0.1) is 0 Å². The Balaban J connectivity index is 1.88. The van der Waals surface area contributed by atoms with Gasteiger partial charge >= 0.3 is 0 Å². The van der Waals surface area contributed by atoms with Crippen LogP contribution in [-0.4, -0.2) is 29.3 Å². The van der Waals surface area contributed by atoms with Crippen LogP contribution in [0.5, 0.6) is 5.88 Å². The number of aliphatic hydroxyl groups excluding tert-OH is 1. The number of rotatable bonds is 4. The number of ether oxygens (including phenoxy) is 1. The summed E-state index contributed by atoms with van der Waals surface area (Å²) >= 11 is 0. The maximum atomic E-state index is 9.67. The minimum Gasteiger partial charge on any atom is -0.481 e. The van der Waals surface area contributed by atoms with E-state index in [0.29, 0.717) is 5.88 Å². The van der Waals surface area contributed by atoms with Crippen molar-refractivity contribution in [3.05, 3.63) is 23.9 Å². The molecule has 0 aromatic carbocycles. The molecule has 0 bridgehead atoms. The number of aromatic nitrogens is 1. The van der Waals surface area contributed by atoms with E-state index < -0.39 is 0 Å². The van der Waals surface area contributed by atoms with Crippen molar-refractivity contribution in [3.8, 4) is 5.88 Å². The van der Waals surface area contributed by atoms with E-state index in [1.165, 1.54) is 0 Å². The van der Waals surface area contributed by atoms with Crippen molar-refractivity contribution in [3.63, 3.8) is 0 Å². The van der Waals surface area contributed by atoms with Crippen LogP contribution in [0.1, 0.15) is 24.8 Å². The first-order valence-corrected chi connectivity index (χ1v) is 5.70. The summed E-state index contributed by atoms with van der Waals surface area (Å²) in [7, 11) is 1.61. The minimum atomic E-state index is -0.191. The normalized spacial score (nSPS) is 24.6. The molecule has 1 heterocycles. The van der Waals surface area contributed by atoms with E-state index in [-0.39, 0.29) is 12.1 Å². The van der Waals surface area contributed by atoms with Crippen LogP contribution in [0.3, 0.4) is 0 Å². The Bertz CT molecular complexity index is 344. The van der Waals surface area contributed by atoms with Gasteiger partial charge in [-0.25, -0.2) is 4.98 Å². The van der Waals surface area contributed by atoms with Crippen LogP contribution in [0.4, 0.5) is 0 Å². The van der Waals surface area contributed by atoms with Crippen LogP contribution in [-0.2, 0) is 6.54 Å². The summed E-state index contributed by atoms with van der Waals surface area (Å²) in [6.07, 6.45) is 4.63. The molecule has 2 rings (SSSR count).